The van der Waals surface area contributed by atoms with E-state index in [4.69, 9.17) is 0 Å². The van der Waals surface area contributed by atoms with Gasteiger partial charge in [-0.05, 0) is 48.9 Å². The second-order valence-corrected chi connectivity index (χ2v) is 5.93. The molecule has 0 aliphatic heterocycles. The summed E-state index contributed by atoms with van der Waals surface area (Å²) in [5.41, 5.74) is 0. The Bertz CT molecular complexity index is 184. The zero-order chi connectivity index (χ0) is 10.1. The maximum atomic E-state index is 2.51. The van der Waals surface area contributed by atoms with Gasteiger partial charge < -0.3 is 0 Å². The minimum atomic E-state index is 0.995. The summed E-state index contributed by atoms with van der Waals surface area (Å²) < 4.78 is 0. The van der Waals surface area contributed by atoms with Crippen LogP contribution in [0.4, 0.5) is 0 Å². The van der Waals surface area contributed by atoms with Crippen LogP contribution < -0.4 is 0 Å². The molecule has 0 aromatic heterocycles. The van der Waals surface area contributed by atoms with Gasteiger partial charge in [-0.2, -0.15) is 0 Å². The molecule has 0 heteroatoms. The highest BCUT2D eigenvalue weighted by atomic mass is 14.4. The monoisotopic (exact) mass is 194 g/mol. The molecule has 14 heavy (non-hydrogen) atoms. The molecule has 5 unspecified atom stereocenters. The summed E-state index contributed by atoms with van der Waals surface area (Å²) in [7, 11) is 0. The van der Waals surface area contributed by atoms with Crippen LogP contribution in [0.3, 0.4) is 0 Å². The van der Waals surface area contributed by atoms with Gasteiger partial charge in [-0.3, -0.25) is 0 Å². The van der Waals surface area contributed by atoms with Gasteiger partial charge in [0.15, 0.2) is 0 Å². The molecule has 0 aromatic carbocycles. The van der Waals surface area contributed by atoms with Crippen molar-refractivity contribution in [3.8, 4) is 0 Å². The van der Waals surface area contributed by atoms with Crippen molar-refractivity contribution in [1.29, 1.82) is 0 Å². The third-order valence-electron chi connectivity index (χ3n) is 5.29. The van der Waals surface area contributed by atoms with Crippen molar-refractivity contribution in [2.75, 3.05) is 0 Å². The lowest BCUT2D eigenvalue weighted by molar-refractivity contribution is 0.0495. The molecular formula is C14H26. The first-order chi connectivity index (χ1) is 6.72. The van der Waals surface area contributed by atoms with Crippen LogP contribution in [0, 0.1) is 29.6 Å². The first-order valence-electron chi connectivity index (χ1n) is 6.72. The minimum Gasteiger partial charge on any atom is -0.0651 e. The molecule has 0 spiro atoms. The Morgan fingerprint density at radius 1 is 1.00 bits per heavy atom. The molecule has 2 fully saturated rings. The lowest BCUT2D eigenvalue weighted by Crippen LogP contribution is -2.36. The van der Waals surface area contributed by atoms with E-state index in [1.807, 2.05) is 0 Å². The van der Waals surface area contributed by atoms with Gasteiger partial charge in [-0.1, -0.05) is 40.0 Å². The minimum absolute atomic E-state index is 0.995. The average molecular weight is 194 g/mol. The van der Waals surface area contributed by atoms with Gasteiger partial charge in [0.05, 0.1) is 0 Å². The number of fused-ring (bicyclic) bond motifs is 1. The Morgan fingerprint density at radius 3 is 2.50 bits per heavy atom. The summed E-state index contributed by atoms with van der Waals surface area (Å²) in [6.07, 6.45) is 9.07. The lowest BCUT2D eigenvalue weighted by atomic mass is 9.60. The first-order valence-corrected chi connectivity index (χ1v) is 6.72. The predicted molar refractivity (Wildman–Crippen MR) is 62.2 cm³/mol. The highest BCUT2D eigenvalue weighted by molar-refractivity contribution is 4.88. The van der Waals surface area contributed by atoms with E-state index in [1.165, 1.54) is 32.1 Å². The molecule has 0 amide bonds. The van der Waals surface area contributed by atoms with Gasteiger partial charge in [-0.25, -0.2) is 0 Å². The van der Waals surface area contributed by atoms with Crippen molar-refractivity contribution < 1.29 is 0 Å². The van der Waals surface area contributed by atoms with Crippen LogP contribution >= 0.6 is 0 Å². The predicted octanol–water partition coefficient (Wildman–Crippen LogP) is 4.49. The molecule has 0 nitrogen and oxygen atoms in total. The van der Waals surface area contributed by atoms with Crippen molar-refractivity contribution in [3.63, 3.8) is 0 Å². The van der Waals surface area contributed by atoms with Crippen LogP contribution in [-0.2, 0) is 0 Å². The third-order valence-corrected chi connectivity index (χ3v) is 5.29. The van der Waals surface area contributed by atoms with E-state index < -0.39 is 0 Å². The molecular weight excluding hydrogens is 168 g/mol. The highest BCUT2D eigenvalue weighted by Crippen LogP contribution is 2.48. The first kappa shape index (κ1) is 10.5. The van der Waals surface area contributed by atoms with E-state index >= 15 is 0 Å². The molecule has 0 aromatic rings. The largest absolute Gasteiger partial charge is 0.0651 e. The fraction of sp³-hybridized carbons (Fsp3) is 1.00. The van der Waals surface area contributed by atoms with Crippen molar-refractivity contribution in [3.05, 3.63) is 0 Å². The summed E-state index contributed by atoms with van der Waals surface area (Å²) in [6, 6.07) is 0. The van der Waals surface area contributed by atoms with Gasteiger partial charge in [0.1, 0.15) is 0 Å². The van der Waals surface area contributed by atoms with E-state index in [0.29, 0.717) is 0 Å². The van der Waals surface area contributed by atoms with Gasteiger partial charge in [0, 0.05) is 0 Å². The van der Waals surface area contributed by atoms with Crippen LogP contribution in [0.25, 0.3) is 0 Å². The van der Waals surface area contributed by atoms with Crippen molar-refractivity contribution in [2.24, 2.45) is 29.6 Å². The van der Waals surface area contributed by atoms with Crippen molar-refractivity contribution in [2.45, 2.75) is 59.3 Å². The van der Waals surface area contributed by atoms with Crippen molar-refractivity contribution in [1.82, 2.24) is 0 Å². The molecule has 0 radical (unpaired) electrons. The van der Waals surface area contributed by atoms with E-state index in [1.54, 1.807) is 6.42 Å². The second kappa shape index (κ2) is 4.24. The normalized spacial score (nSPS) is 48.6. The quantitative estimate of drug-likeness (QED) is 0.577. The number of hydrogen-bond donors (Lipinski definition) is 0. The number of rotatable bonds is 1. The summed E-state index contributed by atoms with van der Waals surface area (Å²) >= 11 is 0. The maximum Gasteiger partial charge on any atom is -0.0357 e. The van der Waals surface area contributed by atoms with E-state index in [2.05, 4.69) is 20.8 Å². The summed E-state index contributed by atoms with van der Waals surface area (Å²) in [5.74, 6) is 5.25. The molecule has 0 heterocycles. The van der Waals surface area contributed by atoms with Gasteiger partial charge in [0.2, 0.25) is 0 Å². The van der Waals surface area contributed by atoms with Gasteiger partial charge in [0.25, 0.3) is 0 Å². The fourth-order valence-electron chi connectivity index (χ4n) is 3.94. The molecule has 2 rings (SSSR count). The third kappa shape index (κ3) is 1.85. The van der Waals surface area contributed by atoms with E-state index in [-0.39, 0.29) is 0 Å². The average Bonchev–Trinajstić information content (AvgIpc) is 2.23. The fourth-order valence-corrected chi connectivity index (χ4v) is 3.94. The Hall–Kier alpha value is 0. The highest BCUT2D eigenvalue weighted by Gasteiger charge is 2.38. The molecule has 2 aliphatic carbocycles. The zero-order valence-electron chi connectivity index (χ0n) is 10.1. The van der Waals surface area contributed by atoms with Crippen LogP contribution in [0.5, 0.6) is 0 Å². The lowest BCUT2D eigenvalue weighted by Gasteiger charge is -2.45. The van der Waals surface area contributed by atoms with Crippen LogP contribution in [0.1, 0.15) is 59.3 Å². The molecule has 82 valence electrons. The van der Waals surface area contributed by atoms with Crippen LogP contribution in [0.2, 0.25) is 0 Å². The molecule has 2 aliphatic rings. The van der Waals surface area contributed by atoms with E-state index in [0.717, 1.165) is 29.6 Å². The van der Waals surface area contributed by atoms with Gasteiger partial charge >= 0.3 is 0 Å². The summed E-state index contributed by atoms with van der Waals surface area (Å²) in [6.45, 7) is 7.35. The maximum absolute atomic E-state index is 2.51. The van der Waals surface area contributed by atoms with Crippen LogP contribution in [-0.4, -0.2) is 0 Å². The van der Waals surface area contributed by atoms with E-state index in [9.17, 15) is 0 Å². The molecule has 2 saturated carbocycles. The zero-order valence-corrected chi connectivity index (χ0v) is 10.1. The number of hydrogen-bond acceptors (Lipinski definition) is 0. The molecule has 0 saturated heterocycles. The topological polar surface area (TPSA) is 0 Å². The Morgan fingerprint density at radius 2 is 1.79 bits per heavy atom. The van der Waals surface area contributed by atoms with Crippen molar-refractivity contribution >= 4 is 0 Å². The second-order valence-electron chi connectivity index (χ2n) is 5.93. The Balaban J connectivity index is 1.98. The SMILES string of the molecule is CCC1CCC2C(CCC(C)C2C)C1. The Kier molecular flexibility index (Phi) is 3.19. The van der Waals surface area contributed by atoms with Gasteiger partial charge in [-0.15, -0.1) is 0 Å². The molecule has 0 N–H and O–H groups in total. The smallest absolute Gasteiger partial charge is 0.0357 e. The molecule has 5 atom stereocenters. The standard InChI is InChI=1S/C14H26/c1-4-12-6-8-14-11(3)10(2)5-7-13(14)9-12/h10-14H,4-9H2,1-3H3. The Labute approximate surface area is 89.5 Å². The molecule has 0 bridgehead atoms. The summed E-state index contributed by atoms with van der Waals surface area (Å²) in [5, 5.41) is 0. The summed E-state index contributed by atoms with van der Waals surface area (Å²) in [4.78, 5) is 0. The van der Waals surface area contributed by atoms with Crippen LogP contribution in [0.15, 0.2) is 0 Å².